The van der Waals surface area contributed by atoms with Crippen molar-refractivity contribution >= 4 is 11.6 Å². The second-order valence-corrected chi connectivity index (χ2v) is 4.87. The van der Waals surface area contributed by atoms with Gasteiger partial charge in [0.25, 0.3) is 0 Å². The first-order valence-corrected chi connectivity index (χ1v) is 8.20. The van der Waals surface area contributed by atoms with Crippen molar-refractivity contribution in [3.63, 3.8) is 0 Å². The molecule has 2 aromatic carbocycles. The molecule has 0 bridgehead atoms. The van der Waals surface area contributed by atoms with E-state index in [1.54, 1.807) is 24.3 Å². The van der Waals surface area contributed by atoms with E-state index in [1.807, 2.05) is 58.9 Å². The molecule has 0 spiro atoms. The Hall–Kier alpha value is -1.35. The first-order chi connectivity index (χ1) is 10.6. The van der Waals surface area contributed by atoms with E-state index in [-0.39, 0.29) is 6.54 Å². The lowest BCUT2D eigenvalue weighted by Gasteiger charge is -2.28. The smallest absolute Gasteiger partial charge is 0.127 e. The molecule has 0 radical (unpaired) electrons. The molecular formula is C19H28ClNO. The van der Waals surface area contributed by atoms with Gasteiger partial charge < -0.3 is 10.8 Å². The van der Waals surface area contributed by atoms with Gasteiger partial charge in [0.1, 0.15) is 5.60 Å². The number of hydrogen-bond donors (Lipinski definition) is 2. The van der Waals surface area contributed by atoms with Gasteiger partial charge in [-0.2, -0.15) is 0 Å². The highest BCUT2D eigenvalue weighted by atomic mass is 35.5. The quantitative estimate of drug-likeness (QED) is 0.845. The van der Waals surface area contributed by atoms with Gasteiger partial charge in [-0.15, -0.1) is 0 Å². The van der Waals surface area contributed by atoms with Gasteiger partial charge in [0, 0.05) is 11.6 Å². The van der Waals surface area contributed by atoms with E-state index in [4.69, 9.17) is 17.3 Å². The Balaban J connectivity index is 0.00000102. The standard InChI is InChI=1S/C15H16ClNO.2C2H6/c1-11-2-4-12(5-3-11)15(18,10-17)13-6-8-14(16)9-7-13;2*1-2/h2-9,18H,10,17H2,1H3;2*1-2H3. The molecule has 2 nitrogen and oxygen atoms in total. The number of hydrogen-bond acceptors (Lipinski definition) is 2. The van der Waals surface area contributed by atoms with E-state index in [2.05, 4.69) is 0 Å². The van der Waals surface area contributed by atoms with Crippen LogP contribution >= 0.6 is 11.6 Å². The summed E-state index contributed by atoms with van der Waals surface area (Å²) in [6.45, 7) is 10.1. The second-order valence-electron chi connectivity index (χ2n) is 4.44. The maximum atomic E-state index is 10.8. The molecule has 122 valence electrons. The van der Waals surface area contributed by atoms with Gasteiger partial charge in [0.15, 0.2) is 0 Å². The van der Waals surface area contributed by atoms with Crippen LogP contribution in [0.5, 0.6) is 0 Å². The van der Waals surface area contributed by atoms with Crippen LogP contribution in [0.4, 0.5) is 0 Å². The summed E-state index contributed by atoms with van der Waals surface area (Å²) in [4.78, 5) is 0. The first kappa shape index (κ1) is 20.6. The molecule has 2 aromatic rings. The van der Waals surface area contributed by atoms with Crippen LogP contribution in [0.1, 0.15) is 44.4 Å². The third-order valence-electron chi connectivity index (χ3n) is 3.15. The fourth-order valence-corrected chi connectivity index (χ4v) is 2.08. The predicted molar refractivity (Wildman–Crippen MR) is 97.4 cm³/mol. The number of aryl methyl sites for hydroxylation is 1. The monoisotopic (exact) mass is 321 g/mol. The van der Waals surface area contributed by atoms with Crippen LogP contribution in [-0.2, 0) is 5.60 Å². The Morgan fingerprint density at radius 3 is 1.59 bits per heavy atom. The highest BCUT2D eigenvalue weighted by Gasteiger charge is 2.29. The Kier molecular flexibility index (Phi) is 9.75. The number of halogens is 1. The zero-order valence-corrected chi connectivity index (χ0v) is 15.0. The van der Waals surface area contributed by atoms with Crippen molar-refractivity contribution < 1.29 is 5.11 Å². The number of nitrogens with two attached hydrogens (primary N) is 1. The third kappa shape index (κ3) is 5.13. The van der Waals surface area contributed by atoms with Crippen molar-refractivity contribution in [1.29, 1.82) is 0 Å². The van der Waals surface area contributed by atoms with Crippen molar-refractivity contribution in [2.75, 3.05) is 6.54 Å². The van der Waals surface area contributed by atoms with E-state index in [9.17, 15) is 5.11 Å². The fraction of sp³-hybridized carbons (Fsp3) is 0.368. The zero-order valence-electron chi connectivity index (χ0n) is 14.2. The van der Waals surface area contributed by atoms with Crippen molar-refractivity contribution in [1.82, 2.24) is 0 Å². The SMILES string of the molecule is CC.CC.Cc1ccc(C(O)(CN)c2ccc(Cl)cc2)cc1. The first-order valence-electron chi connectivity index (χ1n) is 7.82. The van der Waals surface area contributed by atoms with E-state index < -0.39 is 5.60 Å². The molecule has 0 fully saturated rings. The summed E-state index contributed by atoms with van der Waals surface area (Å²) < 4.78 is 0. The average Bonchev–Trinajstić information content (AvgIpc) is 2.59. The number of benzene rings is 2. The van der Waals surface area contributed by atoms with E-state index in [0.29, 0.717) is 5.02 Å². The van der Waals surface area contributed by atoms with Crippen LogP contribution in [0.15, 0.2) is 48.5 Å². The van der Waals surface area contributed by atoms with Crippen LogP contribution in [-0.4, -0.2) is 11.7 Å². The minimum atomic E-state index is -1.17. The van der Waals surface area contributed by atoms with Gasteiger partial charge >= 0.3 is 0 Å². The molecular weight excluding hydrogens is 294 g/mol. The normalized spacial score (nSPS) is 12.2. The van der Waals surface area contributed by atoms with Gasteiger partial charge in [0.2, 0.25) is 0 Å². The summed E-state index contributed by atoms with van der Waals surface area (Å²) in [6.07, 6.45) is 0. The van der Waals surface area contributed by atoms with Crippen LogP contribution in [0.3, 0.4) is 0 Å². The molecule has 22 heavy (non-hydrogen) atoms. The van der Waals surface area contributed by atoms with Gasteiger partial charge in [-0.25, -0.2) is 0 Å². The third-order valence-corrected chi connectivity index (χ3v) is 3.40. The van der Waals surface area contributed by atoms with Crippen molar-refractivity contribution in [2.45, 2.75) is 40.2 Å². The van der Waals surface area contributed by atoms with Gasteiger partial charge in [-0.1, -0.05) is 81.3 Å². The maximum absolute atomic E-state index is 10.8. The highest BCUT2D eigenvalue weighted by molar-refractivity contribution is 6.30. The fourth-order valence-electron chi connectivity index (χ4n) is 1.96. The average molecular weight is 322 g/mol. The highest BCUT2D eigenvalue weighted by Crippen LogP contribution is 2.29. The Morgan fingerprint density at radius 1 is 0.864 bits per heavy atom. The molecule has 0 saturated carbocycles. The second kappa shape index (κ2) is 10.4. The minimum absolute atomic E-state index is 0.123. The molecule has 0 aliphatic heterocycles. The summed E-state index contributed by atoms with van der Waals surface area (Å²) in [7, 11) is 0. The van der Waals surface area contributed by atoms with Crippen LogP contribution in [0.25, 0.3) is 0 Å². The molecule has 3 heteroatoms. The van der Waals surface area contributed by atoms with E-state index in [1.165, 1.54) is 0 Å². The molecule has 1 atom stereocenters. The van der Waals surface area contributed by atoms with Gasteiger partial charge in [-0.3, -0.25) is 0 Å². The van der Waals surface area contributed by atoms with Crippen molar-refractivity contribution in [2.24, 2.45) is 5.73 Å². The molecule has 0 aromatic heterocycles. The molecule has 3 N–H and O–H groups in total. The molecule has 0 aliphatic rings. The lowest BCUT2D eigenvalue weighted by atomic mass is 9.86. The summed E-state index contributed by atoms with van der Waals surface area (Å²) in [6, 6.07) is 14.8. The predicted octanol–water partition coefficient (Wildman–Crippen LogP) is 4.90. The van der Waals surface area contributed by atoms with Crippen molar-refractivity contribution in [3.8, 4) is 0 Å². The van der Waals surface area contributed by atoms with Gasteiger partial charge in [0.05, 0.1) is 0 Å². The van der Waals surface area contributed by atoms with Gasteiger partial charge in [-0.05, 0) is 30.2 Å². The molecule has 0 heterocycles. The van der Waals surface area contributed by atoms with E-state index in [0.717, 1.165) is 16.7 Å². The molecule has 0 amide bonds. The summed E-state index contributed by atoms with van der Waals surface area (Å²) in [5, 5.41) is 11.4. The molecule has 2 rings (SSSR count). The number of aliphatic hydroxyl groups is 1. The lowest BCUT2D eigenvalue weighted by molar-refractivity contribution is 0.0902. The lowest BCUT2D eigenvalue weighted by Crippen LogP contribution is -2.36. The summed E-state index contributed by atoms with van der Waals surface area (Å²) in [5.41, 5.74) is 7.28. The summed E-state index contributed by atoms with van der Waals surface area (Å²) in [5.74, 6) is 0. The largest absolute Gasteiger partial charge is 0.379 e. The zero-order chi connectivity index (χ0) is 17.2. The molecule has 0 saturated heterocycles. The molecule has 1 unspecified atom stereocenters. The Bertz CT molecular complexity index is 475. The topological polar surface area (TPSA) is 46.2 Å². The summed E-state index contributed by atoms with van der Waals surface area (Å²) >= 11 is 5.86. The Morgan fingerprint density at radius 2 is 1.23 bits per heavy atom. The van der Waals surface area contributed by atoms with Crippen LogP contribution in [0.2, 0.25) is 5.02 Å². The number of rotatable bonds is 3. The van der Waals surface area contributed by atoms with Crippen LogP contribution < -0.4 is 5.73 Å². The minimum Gasteiger partial charge on any atom is -0.379 e. The molecule has 0 aliphatic carbocycles. The van der Waals surface area contributed by atoms with Crippen LogP contribution in [0, 0.1) is 6.92 Å². The van der Waals surface area contributed by atoms with E-state index >= 15 is 0 Å². The Labute approximate surface area is 139 Å². The maximum Gasteiger partial charge on any atom is 0.127 e. The van der Waals surface area contributed by atoms with Crippen molar-refractivity contribution in [3.05, 3.63) is 70.2 Å².